The Hall–Kier alpha value is -0.820. The second kappa shape index (κ2) is 5.03. The average molecular weight is 178 g/mol. The quantitative estimate of drug-likeness (QED) is 0.751. The highest BCUT2D eigenvalue weighted by Gasteiger charge is 2.00. The van der Waals surface area contributed by atoms with Gasteiger partial charge in [-0.05, 0) is 37.3 Å². The number of hydrogen-bond acceptors (Lipinski definition) is 1. The molecule has 0 radical (unpaired) electrons. The molecule has 72 valence electrons. The van der Waals surface area contributed by atoms with Crippen molar-refractivity contribution in [3.8, 4) is 0 Å². The molecule has 0 unspecified atom stereocenters. The fourth-order valence-electron chi connectivity index (χ4n) is 1.60. The molecule has 0 aliphatic carbocycles. The van der Waals surface area contributed by atoms with E-state index in [1.807, 2.05) is 0 Å². The second-order valence-corrected chi connectivity index (χ2v) is 3.45. The van der Waals surface area contributed by atoms with Gasteiger partial charge in [-0.3, -0.25) is 0 Å². The zero-order valence-electron chi connectivity index (χ0n) is 8.51. The van der Waals surface area contributed by atoms with Crippen LogP contribution in [0.5, 0.6) is 0 Å². The van der Waals surface area contributed by atoms with Gasteiger partial charge in [-0.2, -0.15) is 0 Å². The molecule has 0 bridgehead atoms. The summed E-state index contributed by atoms with van der Waals surface area (Å²) in [5, 5.41) is 8.76. The van der Waals surface area contributed by atoms with Gasteiger partial charge in [0.2, 0.25) is 0 Å². The molecule has 0 heterocycles. The molecule has 0 atom stereocenters. The lowest BCUT2D eigenvalue weighted by Crippen LogP contribution is -1.95. The fraction of sp³-hybridized carbons (Fsp3) is 0.500. The van der Waals surface area contributed by atoms with Gasteiger partial charge < -0.3 is 5.11 Å². The van der Waals surface area contributed by atoms with Crippen LogP contribution in [-0.2, 0) is 12.8 Å². The first-order chi connectivity index (χ1) is 6.27. The van der Waals surface area contributed by atoms with Crippen molar-refractivity contribution >= 4 is 0 Å². The first-order valence-corrected chi connectivity index (χ1v) is 4.97. The van der Waals surface area contributed by atoms with Crippen molar-refractivity contribution in [2.75, 3.05) is 6.61 Å². The lowest BCUT2D eigenvalue weighted by Gasteiger charge is -2.07. The molecule has 0 spiro atoms. The van der Waals surface area contributed by atoms with E-state index in [9.17, 15) is 0 Å². The van der Waals surface area contributed by atoms with Crippen LogP contribution >= 0.6 is 0 Å². The fourth-order valence-corrected chi connectivity index (χ4v) is 1.60. The zero-order chi connectivity index (χ0) is 9.68. The zero-order valence-corrected chi connectivity index (χ0v) is 8.51. The van der Waals surface area contributed by atoms with Crippen LogP contribution in [0.1, 0.15) is 30.0 Å². The van der Waals surface area contributed by atoms with Crippen LogP contribution in [0.3, 0.4) is 0 Å². The number of aryl methyl sites for hydroxylation is 3. The maximum Gasteiger partial charge on any atom is 0.0434 e. The maximum absolute atomic E-state index is 8.76. The van der Waals surface area contributed by atoms with E-state index in [1.54, 1.807) is 0 Å². The second-order valence-electron chi connectivity index (χ2n) is 3.45. The van der Waals surface area contributed by atoms with E-state index in [4.69, 9.17) is 5.11 Å². The molecule has 0 aliphatic rings. The van der Waals surface area contributed by atoms with E-state index in [0.29, 0.717) is 0 Å². The van der Waals surface area contributed by atoms with Crippen molar-refractivity contribution in [1.29, 1.82) is 0 Å². The van der Waals surface area contributed by atoms with Crippen molar-refractivity contribution in [1.82, 2.24) is 0 Å². The first kappa shape index (κ1) is 10.3. The Morgan fingerprint density at radius 2 is 2.00 bits per heavy atom. The van der Waals surface area contributed by atoms with E-state index < -0.39 is 0 Å². The van der Waals surface area contributed by atoms with E-state index in [0.717, 1.165) is 19.3 Å². The summed E-state index contributed by atoms with van der Waals surface area (Å²) in [6.45, 7) is 4.58. The van der Waals surface area contributed by atoms with Crippen molar-refractivity contribution < 1.29 is 5.11 Å². The summed E-state index contributed by atoms with van der Waals surface area (Å²) in [4.78, 5) is 0. The molecule has 0 saturated carbocycles. The Bertz CT molecular complexity index is 266. The van der Waals surface area contributed by atoms with Gasteiger partial charge in [0.25, 0.3) is 0 Å². The van der Waals surface area contributed by atoms with Crippen LogP contribution in [0.4, 0.5) is 0 Å². The van der Waals surface area contributed by atoms with Crippen molar-refractivity contribution in [2.45, 2.75) is 33.1 Å². The van der Waals surface area contributed by atoms with E-state index >= 15 is 0 Å². The van der Waals surface area contributed by atoms with Crippen molar-refractivity contribution in [3.05, 3.63) is 34.9 Å². The smallest absolute Gasteiger partial charge is 0.0434 e. The molecular formula is C12H18O. The average Bonchev–Trinajstić information content (AvgIpc) is 2.15. The van der Waals surface area contributed by atoms with E-state index in [1.165, 1.54) is 16.7 Å². The summed E-state index contributed by atoms with van der Waals surface area (Å²) in [7, 11) is 0. The molecule has 1 aromatic rings. The Kier molecular flexibility index (Phi) is 3.97. The molecule has 0 fully saturated rings. The summed E-state index contributed by atoms with van der Waals surface area (Å²) >= 11 is 0. The number of benzene rings is 1. The Morgan fingerprint density at radius 3 is 2.62 bits per heavy atom. The minimum Gasteiger partial charge on any atom is -0.396 e. The van der Waals surface area contributed by atoms with Crippen LogP contribution in [-0.4, -0.2) is 11.7 Å². The number of hydrogen-bond donors (Lipinski definition) is 1. The van der Waals surface area contributed by atoms with Gasteiger partial charge in [0.05, 0.1) is 0 Å². The molecule has 1 nitrogen and oxygen atoms in total. The Balaban J connectivity index is 2.81. The van der Waals surface area contributed by atoms with Crippen LogP contribution in [0.15, 0.2) is 18.2 Å². The largest absolute Gasteiger partial charge is 0.396 e. The van der Waals surface area contributed by atoms with Gasteiger partial charge in [-0.1, -0.05) is 30.7 Å². The maximum atomic E-state index is 8.76. The predicted octanol–water partition coefficient (Wildman–Crippen LogP) is 2.48. The standard InChI is InChI=1S/C12H18O/c1-3-11-7-6-10(2)9-12(11)5-4-8-13/h6-7,9,13H,3-5,8H2,1-2H3. The van der Waals surface area contributed by atoms with Gasteiger partial charge in [0.15, 0.2) is 0 Å². The highest BCUT2D eigenvalue weighted by atomic mass is 16.2. The predicted molar refractivity (Wildman–Crippen MR) is 56.0 cm³/mol. The minimum absolute atomic E-state index is 0.289. The summed E-state index contributed by atoms with van der Waals surface area (Å²) in [5.74, 6) is 0. The number of rotatable bonds is 4. The first-order valence-electron chi connectivity index (χ1n) is 4.97. The van der Waals surface area contributed by atoms with Gasteiger partial charge >= 0.3 is 0 Å². The third kappa shape index (κ3) is 2.85. The molecule has 0 amide bonds. The van der Waals surface area contributed by atoms with Crippen molar-refractivity contribution in [3.63, 3.8) is 0 Å². The summed E-state index contributed by atoms with van der Waals surface area (Å²) < 4.78 is 0. The van der Waals surface area contributed by atoms with E-state index in [2.05, 4.69) is 32.0 Å². The topological polar surface area (TPSA) is 20.2 Å². The Morgan fingerprint density at radius 1 is 1.23 bits per heavy atom. The normalized spacial score (nSPS) is 10.4. The summed E-state index contributed by atoms with van der Waals surface area (Å²) in [5.41, 5.74) is 4.13. The Labute approximate surface area is 80.4 Å². The van der Waals surface area contributed by atoms with Crippen LogP contribution < -0.4 is 0 Å². The third-order valence-corrected chi connectivity index (χ3v) is 2.35. The van der Waals surface area contributed by atoms with Gasteiger partial charge in [0, 0.05) is 6.61 Å². The molecular weight excluding hydrogens is 160 g/mol. The molecule has 0 aromatic heterocycles. The molecule has 1 aromatic carbocycles. The summed E-state index contributed by atoms with van der Waals surface area (Å²) in [6, 6.07) is 6.58. The molecule has 1 rings (SSSR count). The lowest BCUT2D eigenvalue weighted by molar-refractivity contribution is 0.288. The monoisotopic (exact) mass is 178 g/mol. The minimum atomic E-state index is 0.289. The van der Waals surface area contributed by atoms with Gasteiger partial charge in [-0.15, -0.1) is 0 Å². The number of aliphatic hydroxyl groups is 1. The highest BCUT2D eigenvalue weighted by Crippen LogP contribution is 2.14. The number of aliphatic hydroxyl groups excluding tert-OH is 1. The summed E-state index contributed by atoms with van der Waals surface area (Å²) in [6.07, 6.45) is 2.96. The molecule has 1 N–H and O–H groups in total. The molecule has 0 aliphatic heterocycles. The highest BCUT2D eigenvalue weighted by molar-refractivity contribution is 5.31. The van der Waals surface area contributed by atoms with Crippen LogP contribution in [0, 0.1) is 6.92 Å². The molecule has 13 heavy (non-hydrogen) atoms. The third-order valence-electron chi connectivity index (χ3n) is 2.35. The van der Waals surface area contributed by atoms with Crippen LogP contribution in [0.2, 0.25) is 0 Å². The van der Waals surface area contributed by atoms with Gasteiger partial charge in [-0.25, -0.2) is 0 Å². The molecule has 0 saturated heterocycles. The van der Waals surface area contributed by atoms with Gasteiger partial charge in [0.1, 0.15) is 0 Å². The van der Waals surface area contributed by atoms with Crippen molar-refractivity contribution in [2.24, 2.45) is 0 Å². The van der Waals surface area contributed by atoms with Crippen LogP contribution in [0.25, 0.3) is 0 Å². The lowest BCUT2D eigenvalue weighted by atomic mass is 9.99. The SMILES string of the molecule is CCc1ccc(C)cc1CCCO. The molecule has 1 heteroatoms. The van der Waals surface area contributed by atoms with E-state index in [-0.39, 0.29) is 6.61 Å².